The summed E-state index contributed by atoms with van der Waals surface area (Å²) in [5, 5.41) is 0. The lowest BCUT2D eigenvalue weighted by Crippen LogP contribution is -2.11. The van der Waals surface area contributed by atoms with Crippen molar-refractivity contribution in [2.45, 2.75) is 18.7 Å². The maximum Gasteiger partial charge on any atom is 0.522 e. The molecule has 0 radical (unpaired) electrons. The molecular weight excluding hydrogens is 272 g/mol. The van der Waals surface area contributed by atoms with Crippen LogP contribution in [0, 0.1) is 0 Å². The van der Waals surface area contributed by atoms with Crippen molar-refractivity contribution in [3.63, 3.8) is 0 Å². The molecular formula is C10H9F3O2PS+. The van der Waals surface area contributed by atoms with Crippen molar-refractivity contribution in [2.75, 3.05) is 6.61 Å². The lowest BCUT2D eigenvalue weighted by molar-refractivity contribution is -0.137. The number of alkyl halides is 3. The van der Waals surface area contributed by atoms with Gasteiger partial charge in [-0.05, 0) is 17.7 Å². The van der Waals surface area contributed by atoms with Gasteiger partial charge in [-0.15, -0.1) is 9.05 Å². The van der Waals surface area contributed by atoms with Gasteiger partial charge in [0.2, 0.25) is 11.8 Å². The van der Waals surface area contributed by atoms with Crippen LogP contribution in [-0.4, -0.2) is 6.61 Å². The molecule has 0 amide bonds. The van der Waals surface area contributed by atoms with E-state index < -0.39 is 25.0 Å². The van der Waals surface area contributed by atoms with Crippen LogP contribution in [0.5, 0.6) is 0 Å². The molecule has 2 unspecified atom stereocenters. The van der Waals surface area contributed by atoms with E-state index in [4.69, 9.17) is 20.9 Å². The third kappa shape index (κ3) is 3.22. The number of rotatable bonds is 1. The second kappa shape index (κ2) is 4.98. The molecule has 1 fully saturated rings. The largest absolute Gasteiger partial charge is 0.522 e. The van der Waals surface area contributed by atoms with Crippen LogP contribution < -0.4 is 0 Å². The molecule has 0 aliphatic carbocycles. The summed E-state index contributed by atoms with van der Waals surface area (Å²) in [7, 11) is -1.39. The fourth-order valence-electron chi connectivity index (χ4n) is 1.56. The molecule has 0 aromatic heterocycles. The van der Waals surface area contributed by atoms with Gasteiger partial charge in [-0.1, -0.05) is 12.1 Å². The van der Waals surface area contributed by atoms with Crippen LogP contribution in [0.25, 0.3) is 0 Å². The van der Waals surface area contributed by atoms with Crippen molar-refractivity contribution in [2.24, 2.45) is 0 Å². The lowest BCUT2D eigenvalue weighted by atomic mass is 10.0. The predicted molar refractivity (Wildman–Crippen MR) is 60.1 cm³/mol. The molecule has 92 valence electrons. The zero-order valence-electron chi connectivity index (χ0n) is 8.61. The third-order valence-corrected chi connectivity index (χ3v) is 3.77. The monoisotopic (exact) mass is 281 g/mol. The Hall–Kier alpha value is -0.550. The molecule has 2 nitrogen and oxygen atoms in total. The van der Waals surface area contributed by atoms with Crippen molar-refractivity contribution in [3.8, 4) is 0 Å². The molecule has 1 heterocycles. The number of benzene rings is 1. The Morgan fingerprint density at radius 2 is 2.12 bits per heavy atom. The molecule has 0 spiro atoms. The average Bonchev–Trinajstić information content (AvgIpc) is 2.28. The molecule has 1 aliphatic heterocycles. The number of halogens is 3. The van der Waals surface area contributed by atoms with E-state index in [0.717, 1.165) is 12.1 Å². The summed E-state index contributed by atoms with van der Waals surface area (Å²) in [6.07, 6.45) is -4.20. The van der Waals surface area contributed by atoms with E-state index in [1.165, 1.54) is 6.07 Å². The SMILES string of the molecule is FC(F)(F)c1cccc(C2CCO[P+](=S)O2)c1. The fourth-order valence-corrected chi connectivity index (χ4v) is 2.85. The molecule has 17 heavy (non-hydrogen) atoms. The van der Waals surface area contributed by atoms with Crippen molar-refractivity contribution < 1.29 is 22.2 Å². The Morgan fingerprint density at radius 3 is 2.76 bits per heavy atom. The fraction of sp³-hybridized carbons (Fsp3) is 0.400. The van der Waals surface area contributed by atoms with Gasteiger partial charge < -0.3 is 0 Å². The molecule has 0 saturated carbocycles. The highest BCUT2D eigenvalue weighted by Crippen LogP contribution is 2.41. The summed E-state index contributed by atoms with van der Waals surface area (Å²) in [6, 6.07) is 5.14. The van der Waals surface area contributed by atoms with Gasteiger partial charge in [0.15, 0.2) is 0 Å². The maximum atomic E-state index is 12.5. The minimum Gasteiger partial charge on any atom is -0.166 e. The summed E-state index contributed by atoms with van der Waals surface area (Å²) in [5.41, 5.74) is -0.167. The molecule has 1 aliphatic rings. The molecule has 2 rings (SSSR count). The Labute approximate surface area is 102 Å². The predicted octanol–water partition coefficient (Wildman–Crippen LogP) is 3.96. The van der Waals surface area contributed by atoms with Crippen molar-refractivity contribution in [1.82, 2.24) is 0 Å². The minimum atomic E-state index is -4.33. The Morgan fingerprint density at radius 1 is 1.35 bits per heavy atom. The van der Waals surface area contributed by atoms with Gasteiger partial charge in [0.1, 0.15) is 12.7 Å². The van der Waals surface area contributed by atoms with Gasteiger partial charge in [0, 0.05) is 6.42 Å². The zero-order chi connectivity index (χ0) is 12.5. The molecule has 0 bridgehead atoms. The van der Waals surface area contributed by atoms with E-state index >= 15 is 0 Å². The van der Waals surface area contributed by atoms with Gasteiger partial charge >= 0.3 is 13.3 Å². The highest BCUT2D eigenvalue weighted by atomic mass is 32.4. The summed E-state index contributed by atoms with van der Waals surface area (Å²) in [4.78, 5) is 0. The second-order valence-electron chi connectivity index (χ2n) is 3.56. The van der Waals surface area contributed by atoms with Crippen molar-refractivity contribution >= 4 is 19.0 Å². The van der Waals surface area contributed by atoms with Gasteiger partial charge in [0.25, 0.3) is 0 Å². The molecule has 7 heteroatoms. The first kappa shape index (κ1) is 12.9. The van der Waals surface area contributed by atoms with Crippen LogP contribution in [-0.2, 0) is 27.0 Å². The van der Waals surface area contributed by atoms with Crippen LogP contribution in [0.3, 0.4) is 0 Å². The Kier molecular flexibility index (Phi) is 3.78. The highest BCUT2D eigenvalue weighted by Gasteiger charge is 2.34. The van der Waals surface area contributed by atoms with Gasteiger partial charge in [-0.25, -0.2) is 0 Å². The summed E-state index contributed by atoms with van der Waals surface area (Å²) < 4.78 is 48.0. The summed E-state index contributed by atoms with van der Waals surface area (Å²) in [5.74, 6) is 0. The topological polar surface area (TPSA) is 18.5 Å². The van der Waals surface area contributed by atoms with Crippen LogP contribution in [0.4, 0.5) is 13.2 Å². The number of hydrogen-bond donors (Lipinski definition) is 0. The van der Waals surface area contributed by atoms with E-state index in [1.807, 2.05) is 0 Å². The number of hydrogen-bond acceptors (Lipinski definition) is 3. The zero-order valence-corrected chi connectivity index (χ0v) is 10.3. The van der Waals surface area contributed by atoms with Gasteiger partial charge in [-0.2, -0.15) is 13.2 Å². The lowest BCUT2D eigenvalue weighted by Gasteiger charge is -2.16. The van der Waals surface area contributed by atoms with E-state index in [1.54, 1.807) is 6.07 Å². The van der Waals surface area contributed by atoms with E-state index in [2.05, 4.69) is 0 Å². The smallest absolute Gasteiger partial charge is 0.166 e. The Bertz CT molecular complexity index is 436. The first-order valence-corrected chi connectivity index (χ1v) is 7.10. The van der Waals surface area contributed by atoms with E-state index in [0.29, 0.717) is 18.6 Å². The van der Waals surface area contributed by atoms with Crippen LogP contribution in [0.15, 0.2) is 24.3 Å². The maximum absolute atomic E-state index is 12.5. The molecule has 0 N–H and O–H groups in total. The van der Waals surface area contributed by atoms with E-state index in [9.17, 15) is 13.2 Å². The average molecular weight is 281 g/mol. The van der Waals surface area contributed by atoms with Crippen LogP contribution >= 0.6 is 7.15 Å². The molecule has 1 saturated heterocycles. The minimum absolute atomic E-state index is 0.394. The Balaban J connectivity index is 2.24. The molecule has 1 aromatic carbocycles. The second-order valence-corrected chi connectivity index (χ2v) is 5.37. The summed E-state index contributed by atoms with van der Waals surface area (Å²) >= 11 is 4.87. The molecule has 1 aromatic rings. The van der Waals surface area contributed by atoms with Gasteiger partial charge in [0.05, 0.1) is 5.56 Å². The summed E-state index contributed by atoms with van der Waals surface area (Å²) in [6.45, 7) is 0.427. The standard InChI is InChI=1S/C10H9F3O2PS/c11-10(12,13)8-3-1-2-7(6-8)9-4-5-14-16(17)15-9/h1-3,6,9H,4-5H2/q+1. The molecule has 2 atom stereocenters. The van der Waals surface area contributed by atoms with E-state index in [-0.39, 0.29) is 0 Å². The third-order valence-electron chi connectivity index (χ3n) is 2.38. The van der Waals surface area contributed by atoms with Crippen LogP contribution in [0.2, 0.25) is 0 Å². The highest BCUT2D eigenvalue weighted by molar-refractivity contribution is 8.00. The van der Waals surface area contributed by atoms with Gasteiger partial charge in [-0.3, -0.25) is 0 Å². The quantitative estimate of drug-likeness (QED) is 0.726. The normalized spacial score (nSPS) is 23.7. The first-order valence-electron chi connectivity index (χ1n) is 4.91. The van der Waals surface area contributed by atoms with Crippen molar-refractivity contribution in [3.05, 3.63) is 35.4 Å². The van der Waals surface area contributed by atoms with Crippen LogP contribution in [0.1, 0.15) is 23.7 Å². The first-order chi connectivity index (χ1) is 7.97. The van der Waals surface area contributed by atoms with Crippen molar-refractivity contribution in [1.29, 1.82) is 0 Å².